The number of hydrogen-bond donors (Lipinski definition) is 0. The lowest BCUT2D eigenvalue weighted by molar-refractivity contribution is -0.152. The lowest BCUT2D eigenvalue weighted by Gasteiger charge is -2.28. The van der Waals surface area contributed by atoms with Crippen LogP contribution in [0, 0.1) is 0 Å². The molecule has 0 aliphatic rings. The molecule has 0 spiro atoms. The molecular formula is C17H17O3. The monoisotopic (exact) mass is 269 g/mol. The molecule has 1 radical (unpaired) electrons. The van der Waals surface area contributed by atoms with Crippen molar-refractivity contribution in [3.8, 4) is 0 Å². The fraction of sp³-hybridized carbons (Fsp3) is 0.294. The number of fused-ring (bicyclic) bond motifs is 1. The molecule has 0 saturated carbocycles. The molecule has 1 unspecified atom stereocenters. The summed E-state index contributed by atoms with van der Waals surface area (Å²) in [5.41, 5.74) is -0.621. The fourth-order valence-electron chi connectivity index (χ4n) is 2.54. The molecule has 0 N–H and O–H groups in total. The summed E-state index contributed by atoms with van der Waals surface area (Å²) in [5, 5.41) is 1.92. The van der Waals surface area contributed by atoms with E-state index in [4.69, 9.17) is 4.74 Å². The van der Waals surface area contributed by atoms with E-state index in [1.807, 2.05) is 55.7 Å². The van der Waals surface area contributed by atoms with Gasteiger partial charge in [-0.1, -0.05) is 55.8 Å². The highest BCUT2D eigenvalue weighted by Crippen LogP contribution is 2.34. The van der Waals surface area contributed by atoms with E-state index in [9.17, 15) is 9.59 Å². The number of benzene rings is 2. The smallest absolute Gasteiger partial charge is 0.303 e. The summed E-state index contributed by atoms with van der Waals surface area (Å²) in [6.45, 7) is 3.26. The molecule has 3 heteroatoms. The summed E-state index contributed by atoms with van der Waals surface area (Å²) in [6.07, 6.45) is 3.10. The van der Waals surface area contributed by atoms with E-state index in [0.29, 0.717) is 18.4 Å². The van der Waals surface area contributed by atoms with Gasteiger partial charge in [-0.3, -0.25) is 9.59 Å². The van der Waals surface area contributed by atoms with E-state index in [0.717, 1.165) is 10.8 Å². The van der Waals surface area contributed by atoms with Crippen LogP contribution in [-0.4, -0.2) is 12.3 Å². The maximum absolute atomic E-state index is 11.6. The average Bonchev–Trinajstić information content (AvgIpc) is 2.45. The molecule has 3 nitrogen and oxygen atoms in total. The third-order valence-electron chi connectivity index (χ3n) is 3.31. The number of hydrogen-bond acceptors (Lipinski definition) is 3. The number of esters is 1. The van der Waals surface area contributed by atoms with Gasteiger partial charge in [-0.05, 0) is 17.2 Å². The van der Waals surface area contributed by atoms with Gasteiger partial charge < -0.3 is 4.74 Å². The van der Waals surface area contributed by atoms with Gasteiger partial charge in [-0.15, -0.1) is 0 Å². The highest BCUT2D eigenvalue weighted by molar-refractivity contribution is 5.90. The van der Waals surface area contributed by atoms with Gasteiger partial charge in [0.15, 0.2) is 0 Å². The van der Waals surface area contributed by atoms with Crippen LogP contribution in [0.25, 0.3) is 10.8 Å². The predicted octanol–water partition coefficient (Wildman–Crippen LogP) is 3.51. The zero-order chi connectivity index (χ0) is 14.6. The lowest BCUT2D eigenvalue weighted by Crippen LogP contribution is -2.33. The molecule has 0 aliphatic carbocycles. The summed E-state index contributed by atoms with van der Waals surface area (Å²) in [7, 11) is 0. The Bertz CT molecular complexity index is 628. The van der Waals surface area contributed by atoms with Crippen molar-refractivity contribution in [1.82, 2.24) is 0 Å². The van der Waals surface area contributed by atoms with Gasteiger partial charge in [0, 0.05) is 12.5 Å². The highest BCUT2D eigenvalue weighted by Gasteiger charge is 2.37. The van der Waals surface area contributed by atoms with E-state index in [1.165, 1.54) is 6.92 Å². The molecule has 20 heavy (non-hydrogen) atoms. The Morgan fingerprint density at radius 3 is 2.55 bits per heavy atom. The minimum atomic E-state index is -1.32. The van der Waals surface area contributed by atoms with Crippen LogP contribution in [0.4, 0.5) is 0 Å². The van der Waals surface area contributed by atoms with Crippen molar-refractivity contribution >= 4 is 23.0 Å². The molecule has 0 saturated heterocycles. The summed E-state index contributed by atoms with van der Waals surface area (Å²) < 4.78 is 5.36. The first kappa shape index (κ1) is 14.3. The Labute approximate surface area is 118 Å². The largest absolute Gasteiger partial charge is 0.446 e. The van der Waals surface area contributed by atoms with Gasteiger partial charge in [0.1, 0.15) is 0 Å². The second kappa shape index (κ2) is 5.87. The Hall–Kier alpha value is -2.16. The highest BCUT2D eigenvalue weighted by atomic mass is 16.6. The molecule has 2 aromatic rings. The van der Waals surface area contributed by atoms with E-state index in [-0.39, 0.29) is 0 Å². The van der Waals surface area contributed by atoms with Crippen molar-refractivity contribution in [1.29, 1.82) is 0 Å². The second-order valence-electron chi connectivity index (χ2n) is 4.80. The maximum Gasteiger partial charge on any atom is 0.303 e. The normalized spacial score (nSPS) is 13.7. The Kier molecular flexibility index (Phi) is 4.18. The molecule has 0 bridgehead atoms. The standard InChI is InChI=1S/C17H17O3/c1-3-11-17(12-18,20-13(2)19)16-10-6-8-14-7-4-5-9-15(14)16/h4-10H,3,11H2,1-2H3. The molecule has 2 rings (SSSR count). The minimum absolute atomic E-state index is 0.421. The molecule has 0 aromatic heterocycles. The number of carbonyl (C=O) groups is 1. The molecule has 0 fully saturated rings. The van der Waals surface area contributed by atoms with Gasteiger partial charge in [0.2, 0.25) is 5.60 Å². The first-order valence-electron chi connectivity index (χ1n) is 6.70. The summed E-state index contributed by atoms with van der Waals surface area (Å²) in [5.74, 6) is -0.477. The third kappa shape index (κ3) is 2.57. The van der Waals surface area contributed by atoms with Crippen molar-refractivity contribution in [2.24, 2.45) is 0 Å². The van der Waals surface area contributed by atoms with E-state index >= 15 is 0 Å². The predicted molar refractivity (Wildman–Crippen MR) is 78.0 cm³/mol. The van der Waals surface area contributed by atoms with Crippen LogP contribution in [0.1, 0.15) is 32.3 Å². The van der Waals surface area contributed by atoms with Crippen molar-refractivity contribution in [3.63, 3.8) is 0 Å². The van der Waals surface area contributed by atoms with Crippen molar-refractivity contribution < 1.29 is 14.3 Å². The Morgan fingerprint density at radius 1 is 1.20 bits per heavy atom. The number of rotatable bonds is 5. The summed E-state index contributed by atoms with van der Waals surface area (Å²) in [4.78, 5) is 23.0. The lowest BCUT2D eigenvalue weighted by atomic mass is 9.86. The first-order valence-corrected chi connectivity index (χ1v) is 6.70. The molecule has 1 atom stereocenters. The topological polar surface area (TPSA) is 43.4 Å². The van der Waals surface area contributed by atoms with Crippen LogP contribution in [0.3, 0.4) is 0 Å². The second-order valence-corrected chi connectivity index (χ2v) is 4.80. The minimum Gasteiger partial charge on any atom is -0.446 e. The molecular weight excluding hydrogens is 252 g/mol. The van der Waals surface area contributed by atoms with Crippen LogP contribution >= 0.6 is 0 Å². The Balaban J connectivity index is 2.67. The molecule has 103 valence electrons. The third-order valence-corrected chi connectivity index (χ3v) is 3.31. The van der Waals surface area contributed by atoms with Crippen molar-refractivity contribution in [2.75, 3.05) is 0 Å². The van der Waals surface area contributed by atoms with Crippen molar-refractivity contribution in [3.05, 3.63) is 48.0 Å². The molecule has 0 aliphatic heterocycles. The van der Waals surface area contributed by atoms with Gasteiger partial charge in [0.25, 0.3) is 6.29 Å². The summed E-state index contributed by atoms with van der Waals surface area (Å²) >= 11 is 0. The zero-order valence-corrected chi connectivity index (χ0v) is 11.7. The van der Waals surface area contributed by atoms with Crippen LogP contribution in [0.2, 0.25) is 0 Å². The fourth-order valence-corrected chi connectivity index (χ4v) is 2.54. The quantitative estimate of drug-likeness (QED) is 0.780. The summed E-state index contributed by atoms with van der Waals surface area (Å²) in [6, 6.07) is 13.4. The maximum atomic E-state index is 11.6. The Morgan fingerprint density at radius 2 is 1.90 bits per heavy atom. The first-order chi connectivity index (χ1) is 9.63. The van der Waals surface area contributed by atoms with Gasteiger partial charge >= 0.3 is 5.97 Å². The van der Waals surface area contributed by atoms with Gasteiger partial charge in [-0.2, -0.15) is 0 Å². The zero-order valence-electron chi connectivity index (χ0n) is 11.7. The van der Waals surface area contributed by atoms with E-state index in [1.54, 1.807) is 0 Å². The SMILES string of the molecule is CCCC([C]=O)(OC(C)=O)c1cccc2ccccc12. The van der Waals surface area contributed by atoms with Crippen LogP contribution in [0.5, 0.6) is 0 Å². The van der Waals surface area contributed by atoms with E-state index in [2.05, 4.69) is 0 Å². The molecule has 0 amide bonds. The number of carbonyl (C=O) groups excluding carboxylic acids is 2. The average molecular weight is 269 g/mol. The van der Waals surface area contributed by atoms with Crippen LogP contribution in [0.15, 0.2) is 42.5 Å². The van der Waals surface area contributed by atoms with Gasteiger partial charge in [-0.25, -0.2) is 0 Å². The van der Waals surface area contributed by atoms with Gasteiger partial charge in [0.05, 0.1) is 0 Å². The van der Waals surface area contributed by atoms with E-state index < -0.39 is 11.6 Å². The van der Waals surface area contributed by atoms with Crippen LogP contribution < -0.4 is 0 Å². The van der Waals surface area contributed by atoms with Crippen LogP contribution in [-0.2, 0) is 19.9 Å². The number of ether oxygens (including phenoxy) is 1. The van der Waals surface area contributed by atoms with Crippen molar-refractivity contribution in [2.45, 2.75) is 32.3 Å². The molecule has 2 aromatic carbocycles. The molecule has 0 heterocycles.